The van der Waals surface area contributed by atoms with Gasteiger partial charge in [0.25, 0.3) is 5.91 Å². The van der Waals surface area contributed by atoms with Crippen LogP contribution < -0.4 is 14.8 Å². The molecule has 2 amide bonds. The van der Waals surface area contributed by atoms with Gasteiger partial charge in [-0.3, -0.25) is 9.52 Å². The van der Waals surface area contributed by atoms with E-state index >= 15 is 0 Å². The highest BCUT2D eigenvalue weighted by molar-refractivity contribution is 7.98. The number of nitrogens with one attached hydrogen (secondary N) is 2. The van der Waals surface area contributed by atoms with Crippen molar-refractivity contribution in [1.82, 2.24) is 10.0 Å². The van der Waals surface area contributed by atoms with Gasteiger partial charge in [0, 0.05) is 4.90 Å². The summed E-state index contributed by atoms with van der Waals surface area (Å²) >= 11 is 1.19. The van der Waals surface area contributed by atoms with Gasteiger partial charge in [-0.05, 0) is 81.5 Å². The van der Waals surface area contributed by atoms with Crippen LogP contribution in [-0.4, -0.2) is 23.6 Å². The van der Waals surface area contributed by atoms with Gasteiger partial charge < -0.3 is 14.8 Å². The molecule has 0 saturated heterocycles. The van der Waals surface area contributed by atoms with Gasteiger partial charge >= 0.3 is 6.09 Å². The standard InChI is InChI=1S/C23H30N2O4S/c1-16(2)15-20(24-22(27)29-23(3,4)5)21(26)25-30-19-13-11-18(12-14-19)28-17-9-7-6-8-10-17/h6-14,16,20H,15H2,1-5H3,(H,24,27)(H,25,26). The number of rotatable bonds is 8. The topological polar surface area (TPSA) is 76.7 Å². The smallest absolute Gasteiger partial charge is 0.408 e. The Balaban J connectivity index is 1.91. The lowest BCUT2D eigenvalue weighted by Crippen LogP contribution is -2.47. The summed E-state index contributed by atoms with van der Waals surface area (Å²) in [6, 6.07) is 16.3. The molecule has 2 N–H and O–H groups in total. The number of benzene rings is 2. The third-order valence-corrected chi connectivity index (χ3v) is 4.60. The summed E-state index contributed by atoms with van der Waals surface area (Å²) < 4.78 is 13.8. The monoisotopic (exact) mass is 430 g/mol. The molecule has 0 aliphatic carbocycles. The summed E-state index contributed by atoms with van der Waals surface area (Å²) in [6.07, 6.45) is -0.0918. The molecule has 0 aliphatic rings. The Hall–Kier alpha value is -2.67. The molecule has 0 aliphatic heterocycles. The largest absolute Gasteiger partial charge is 0.457 e. The molecule has 0 fully saturated rings. The van der Waals surface area contributed by atoms with Crippen LogP contribution in [0.2, 0.25) is 0 Å². The molecule has 7 heteroatoms. The summed E-state index contributed by atoms with van der Waals surface area (Å²) in [5, 5.41) is 2.67. The van der Waals surface area contributed by atoms with Crippen LogP contribution in [0.25, 0.3) is 0 Å². The highest BCUT2D eigenvalue weighted by atomic mass is 32.2. The van der Waals surface area contributed by atoms with Crippen molar-refractivity contribution in [2.24, 2.45) is 5.92 Å². The number of carbonyl (C=O) groups excluding carboxylic acids is 2. The van der Waals surface area contributed by atoms with Crippen molar-refractivity contribution in [3.8, 4) is 11.5 Å². The molecule has 0 radical (unpaired) electrons. The average Bonchev–Trinajstić information content (AvgIpc) is 2.65. The van der Waals surface area contributed by atoms with E-state index < -0.39 is 17.7 Å². The molecule has 0 bridgehead atoms. The molecule has 0 saturated carbocycles. The van der Waals surface area contributed by atoms with Gasteiger partial charge in [0.15, 0.2) is 0 Å². The van der Waals surface area contributed by atoms with Crippen LogP contribution in [0.5, 0.6) is 11.5 Å². The van der Waals surface area contributed by atoms with Gasteiger partial charge in [-0.2, -0.15) is 0 Å². The maximum atomic E-state index is 12.6. The van der Waals surface area contributed by atoms with Crippen LogP contribution in [0.3, 0.4) is 0 Å². The predicted octanol–water partition coefficient (Wildman–Crippen LogP) is 5.54. The molecule has 0 heterocycles. The summed E-state index contributed by atoms with van der Waals surface area (Å²) in [5.74, 6) is 1.43. The fourth-order valence-electron chi connectivity index (χ4n) is 2.53. The number of amides is 2. The predicted molar refractivity (Wildman–Crippen MR) is 120 cm³/mol. The van der Waals surface area contributed by atoms with Gasteiger partial charge in [0.2, 0.25) is 0 Å². The zero-order chi connectivity index (χ0) is 22.1. The van der Waals surface area contributed by atoms with E-state index in [0.29, 0.717) is 12.2 Å². The summed E-state index contributed by atoms with van der Waals surface area (Å²) in [6.45, 7) is 9.34. The molecular weight excluding hydrogens is 400 g/mol. The molecule has 2 aromatic rings. The number of alkyl carbamates (subject to hydrolysis) is 1. The lowest BCUT2D eigenvalue weighted by Gasteiger charge is -2.24. The van der Waals surface area contributed by atoms with Crippen LogP contribution in [0.15, 0.2) is 59.5 Å². The molecule has 1 unspecified atom stereocenters. The van der Waals surface area contributed by atoms with Crippen LogP contribution in [0.4, 0.5) is 4.79 Å². The molecule has 30 heavy (non-hydrogen) atoms. The Morgan fingerprint density at radius 2 is 1.57 bits per heavy atom. The van der Waals surface area contributed by atoms with E-state index in [9.17, 15) is 9.59 Å². The van der Waals surface area contributed by atoms with E-state index in [1.54, 1.807) is 20.8 Å². The van der Waals surface area contributed by atoms with Crippen molar-refractivity contribution in [1.29, 1.82) is 0 Å². The highest BCUT2D eigenvalue weighted by Crippen LogP contribution is 2.24. The molecule has 0 aromatic heterocycles. The Morgan fingerprint density at radius 3 is 2.13 bits per heavy atom. The Labute approximate surface area is 182 Å². The first-order valence-corrected chi connectivity index (χ1v) is 10.7. The van der Waals surface area contributed by atoms with E-state index in [1.807, 2.05) is 68.4 Å². The zero-order valence-corrected chi connectivity index (χ0v) is 18.9. The first kappa shape index (κ1) is 23.6. The molecule has 1 atom stereocenters. The van der Waals surface area contributed by atoms with Crippen molar-refractivity contribution in [3.63, 3.8) is 0 Å². The second kappa shape index (κ2) is 10.9. The Kier molecular flexibility index (Phi) is 8.59. The van der Waals surface area contributed by atoms with Crippen LogP contribution in [0, 0.1) is 5.92 Å². The van der Waals surface area contributed by atoms with Crippen molar-refractivity contribution in [3.05, 3.63) is 54.6 Å². The van der Waals surface area contributed by atoms with Gasteiger partial charge in [0.05, 0.1) is 0 Å². The van der Waals surface area contributed by atoms with E-state index in [0.717, 1.165) is 10.6 Å². The normalized spacial score (nSPS) is 12.2. The molecule has 2 rings (SSSR count). The molecule has 0 spiro atoms. The van der Waals surface area contributed by atoms with Crippen molar-refractivity contribution >= 4 is 23.9 Å². The van der Waals surface area contributed by atoms with Crippen LogP contribution in [-0.2, 0) is 9.53 Å². The lowest BCUT2D eigenvalue weighted by atomic mass is 10.0. The third-order valence-electron chi connectivity index (χ3n) is 3.79. The molecular formula is C23H30N2O4S. The summed E-state index contributed by atoms with van der Waals surface area (Å²) in [7, 11) is 0. The first-order valence-electron chi connectivity index (χ1n) is 9.91. The average molecular weight is 431 g/mol. The summed E-state index contributed by atoms with van der Waals surface area (Å²) in [4.78, 5) is 25.6. The number of para-hydroxylation sites is 1. The highest BCUT2D eigenvalue weighted by Gasteiger charge is 2.25. The molecule has 162 valence electrons. The third kappa shape index (κ3) is 8.78. The fourth-order valence-corrected chi connectivity index (χ4v) is 3.17. The number of ether oxygens (including phenoxy) is 2. The van der Waals surface area contributed by atoms with E-state index in [2.05, 4.69) is 10.0 Å². The van der Waals surface area contributed by atoms with Crippen LogP contribution >= 0.6 is 11.9 Å². The zero-order valence-electron chi connectivity index (χ0n) is 18.1. The quantitative estimate of drug-likeness (QED) is 0.538. The van der Waals surface area contributed by atoms with Crippen molar-refractivity contribution in [2.45, 2.75) is 57.6 Å². The van der Waals surface area contributed by atoms with Crippen LogP contribution in [0.1, 0.15) is 41.0 Å². The minimum atomic E-state index is -0.673. The van der Waals surface area contributed by atoms with E-state index in [1.165, 1.54) is 11.9 Å². The van der Waals surface area contributed by atoms with Gasteiger partial charge in [-0.15, -0.1) is 0 Å². The maximum Gasteiger partial charge on any atom is 0.408 e. The Morgan fingerprint density at radius 1 is 0.967 bits per heavy atom. The van der Waals surface area contributed by atoms with Gasteiger partial charge in [-0.1, -0.05) is 32.0 Å². The van der Waals surface area contributed by atoms with Gasteiger partial charge in [0.1, 0.15) is 23.1 Å². The van der Waals surface area contributed by atoms with Crippen molar-refractivity contribution in [2.75, 3.05) is 0 Å². The minimum absolute atomic E-state index is 0.232. The van der Waals surface area contributed by atoms with Gasteiger partial charge in [-0.25, -0.2) is 4.79 Å². The second-order valence-corrected chi connectivity index (χ2v) is 9.16. The lowest BCUT2D eigenvalue weighted by molar-refractivity contribution is -0.121. The molecule has 6 nitrogen and oxygen atoms in total. The SMILES string of the molecule is CC(C)CC(NC(=O)OC(C)(C)C)C(=O)NSc1ccc(Oc2ccccc2)cc1. The maximum absolute atomic E-state index is 12.6. The van der Waals surface area contributed by atoms with Crippen molar-refractivity contribution < 1.29 is 19.1 Å². The second-order valence-electron chi connectivity index (χ2n) is 8.28. The Bertz CT molecular complexity index is 817. The first-order chi connectivity index (χ1) is 14.1. The molecule has 2 aromatic carbocycles. The number of carbonyl (C=O) groups is 2. The summed E-state index contributed by atoms with van der Waals surface area (Å²) in [5.41, 5.74) is -0.624. The fraction of sp³-hybridized carbons (Fsp3) is 0.391. The minimum Gasteiger partial charge on any atom is -0.457 e. The van der Waals surface area contributed by atoms with E-state index in [-0.39, 0.29) is 11.8 Å². The van der Waals surface area contributed by atoms with E-state index in [4.69, 9.17) is 9.47 Å². The number of hydrogen-bond donors (Lipinski definition) is 2. The number of hydrogen-bond acceptors (Lipinski definition) is 5.